The van der Waals surface area contributed by atoms with E-state index in [1.807, 2.05) is 53.4 Å². The number of carbonyl (C=O) groups is 1. The summed E-state index contributed by atoms with van der Waals surface area (Å²) >= 11 is 0. The maximum absolute atomic E-state index is 12.1. The molecule has 1 saturated carbocycles. The van der Waals surface area contributed by atoms with Crippen molar-refractivity contribution in [1.29, 1.82) is 0 Å². The largest absolute Gasteiger partial charge is 0.335 e. The van der Waals surface area contributed by atoms with Crippen LogP contribution in [-0.4, -0.2) is 16.6 Å². The first-order valence-electron chi connectivity index (χ1n) is 8.03. The minimum Gasteiger partial charge on any atom is -0.335 e. The topological polar surface area (TPSA) is 46.1 Å². The van der Waals surface area contributed by atoms with Gasteiger partial charge in [0.2, 0.25) is 0 Å². The Bertz CT molecular complexity index is 604. The molecule has 2 unspecified atom stereocenters. The molecule has 2 atom stereocenters. The smallest absolute Gasteiger partial charge is 0.319 e. The maximum Gasteiger partial charge on any atom is 0.319 e. The lowest BCUT2D eigenvalue weighted by atomic mass is 9.86. The number of anilines is 1. The standard InChI is InChI=1S/C18H23N3O/c1-14-6-2-3-7-17(14)20-18(22)19-15-8-10-16(11-9-15)21-12-4-5-13-21/h4-5,8-14,17H,2-3,6-7H2,1H3,(H2,19,20,22). The SMILES string of the molecule is CC1CCCCC1NC(=O)Nc1ccc(-n2cccc2)cc1. The van der Waals surface area contributed by atoms with Crippen LogP contribution in [0.15, 0.2) is 48.8 Å². The zero-order chi connectivity index (χ0) is 15.4. The van der Waals surface area contributed by atoms with Gasteiger partial charge in [0.1, 0.15) is 0 Å². The van der Waals surface area contributed by atoms with Crippen LogP contribution in [0.5, 0.6) is 0 Å². The van der Waals surface area contributed by atoms with Gasteiger partial charge in [0.15, 0.2) is 0 Å². The molecule has 2 aromatic rings. The summed E-state index contributed by atoms with van der Waals surface area (Å²) in [5.74, 6) is 0.565. The molecule has 1 fully saturated rings. The minimum atomic E-state index is -0.104. The van der Waals surface area contributed by atoms with E-state index < -0.39 is 0 Å². The van der Waals surface area contributed by atoms with E-state index in [1.165, 1.54) is 19.3 Å². The van der Waals surface area contributed by atoms with Crippen molar-refractivity contribution in [1.82, 2.24) is 9.88 Å². The molecule has 116 valence electrons. The molecule has 0 spiro atoms. The number of amides is 2. The van der Waals surface area contributed by atoms with E-state index in [4.69, 9.17) is 0 Å². The fourth-order valence-corrected chi connectivity index (χ4v) is 3.09. The Morgan fingerprint density at radius 1 is 1.09 bits per heavy atom. The van der Waals surface area contributed by atoms with Crippen molar-refractivity contribution in [3.63, 3.8) is 0 Å². The highest BCUT2D eigenvalue weighted by atomic mass is 16.2. The zero-order valence-corrected chi connectivity index (χ0v) is 13.0. The van der Waals surface area contributed by atoms with E-state index in [9.17, 15) is 4.79 Å². The van der Waals surface area contributed by atoms with Crippen LogP contribution in [0, 0.1) is 5.92 Å². The lowest BCUT2D eigenvalue weighted by Crippen LogP contribution is -2.43. The summed E-state index contributed by atoms with van der Waals surface area (Å²) in [5.41, 5.74) is 1.90. The molecular formula is C18H23N3O. The summed E-state index contributed by atoms with van der Waals surface area (Å²) in [6.45, 7) is 2.22. The van der Waals surface area contributed by atoms with E-state index in [1.54, 1.807) is 0 Å². The molecule has 1 aromatic carbocycles. The van der Waals surface area contributed by atoms with Crippen molar-refractivity contribution in [2.45, 2.75) is 38.6 Å². The predicted molar refractivity (Wildman–Crippen MR) is 89.3 cm³/mol. The summed E-state index contributed by atoms with van der Waals surface area (Å²) in [7, 11) is 0. The average Bonchev–Trinajstić information content (AvgIpc) is 3.05. The Labute approximate surface area is 131 Å². The number of nitrogens with zero attached hydrogens (tertiary/aromatic N) is 1. The van der Waals surface area contributed by atoms with Crippen molar-refractivity contribution in [3.8, 4) is 5.69 Å². The fraction of sp³-hybridized carbons (Fsp3) is 0.389. The third-order valence-corrected chi connectivity index (χ3v) is 4.46. The van der Waals surface area contributed by atoms with Crippen LogP contribution < -0.4 is 10.6 Å². The molecule has 0 bridgehead atoms. The van der Waals surface area contributed by atoms with Crippen LogP contribution in [0.1, 0.15) is 32.6 Å². The van der Waals surface area contributed by atoms with Gasteiger partial charge in [0.05, 0.1) is 0 Å². The highest BCUT2D eigenvalue weighted by Gasteiger charge is 2.22. The van der Waals surface area contributed by atoms with E-state index in [0.29, 0.717) is 12.0 Å². The molecular weight excluding hydrogens is 274 g/mol. The second-order valence-corrected chi connectivity index (χ2v) is 6.10. The Hall–Kier alpha value is -2.23. The van der Waals surface area contributed by atoms with E-state index >= 15 is 0 Å². The number of carbonyl (C=O) groups excluding carboxylic acids is 1. The number of hydrogen-bond donors (Lipinski definition) is 2. The molecule has 4 heteroatoms. The highest BCUT2D eigenvalue weighted by Crippen LogP contribution is 2.23. The normalized spacial score (nSPS) is 21.3. The Morgan fingerprint density at radius 2 is 1.77 bits per heavy atom. The lowest BCUT2D eigenvalue weighted by molar-refractivity contribution is 0.232. The summed E-state index contributed by atoms with van der Waals surface area (Å²) in [4.78, 5) is 12.1. The molecule has 1 aliphatic rings. The Balaban J connectivity index is 1.57. The first kappa shape index (κ1) is 14.7. The number of nitrogens with one attached hydrogen (secondary N) is 2. The van der Waals surface area contributed by atoms with Crippen molar-refractivity contribution in [3.05, 3.63) is 48.8 Å². The minimum absolute atomic E-state index is 0.104. The second kappa shape index (κ2) is 6.69. The monoisotopic (exact) mass is 297 g/mol. The first-order valence-corrected chi connectivity index (χ1v) is 8.03. The number of aromatic nitrogens is 1. The van der Waals surface area contributed by atoms with E-state index in [2.05, 4.69) is 17.6 Å². The van der Waals surface area contributed by atoms with Crippen LogP contribution in [0.4, 0.5) is 10.5 Å². The Morgan fingerprint density at radius 3 is 2.45 bits per heavy atom. The van der Waals surface area contributed by atoms with Crippen LogP contribution >= 0.6 is 0 Å². The third-order valence-electron chi connectivity index (χ3n) is 4.46. The molecule has 22 heavy (non-hydrogen) atoms. The maximum atomic E-state index is 12.1. The summed E-state index contributed by atoms with van der Waals surface area (Å²) < 4.78 is 2.04. The van der Waals surface area contributed by atoms with E-state index in [-0.39, 0.29) is 6.03 Å². The fourth-order valence-electron chi connectivity index (χ4n) is 3.09. The van der Waals surface area contributed by atoms with E-state index in [0.717, 1.165) is 17.8 Å². The van der Waals surface area contributed by atoms with Crippen molar-refractivity contribution < 1.29 is 4.79 Å². The molecule has 2 N–H and O–H groups in total. The van der Waals surface area contributed by atoms with Crippen LogP contribution in [0.25, 0.3) is 5.69 Å². The summed E-state index contributed by atoms with van der Waals surface area (Å²) in [6.07, 6.45) is 8.78. The molecule has 1 heterocycles. The Kier molecular flexibility index (Phi) is 4.47. The average molecular weight is 297 g/mol. The highest BCUT2D eigenvalue weighted by molar-refractivity contribution is 5.89. The molecule has 0 radical (unpaired) electrons. The number of urea groups is 1. The molecule has 0 aliphatic heterocycles. The van der Waals surface area contributed by atoms with Crippen LogP contribution in [-0.2, 0) is 0 Å². The van der Waals surface area contributed by atoms with Gasteiger partial charge in [-0.05, 0) is 55.2 Å². The van der Waals surface area contributed by atoms with Gasteiger partial charge in [-0.1, -0.05) is 19.8 Å². The van der Waals surface area contributed by atoms with Gasteiger partial charge < -0.3 is 15.2 Å². The van der Waals surface area contributed by atoms with Gasteiger partial charge in [0.25, 0.3) is 0 Å². The van der Waals surface area contributed by atoms with Gasteiger partial charge in [-0.3, -0.25) is 0 Å². The summed E-state index contributed by atoms with van der Waals surface area (Å²) in [6, 6.07) is 12.0. The molecule has 4 nitrogen and oxygen atoms in total. The molecule has 1 aliphatic carbocycles. The number of hydrogen-bond acceptors (Lipinski definition) is 1. The predicted octanol–water partition coefficient (Wildman–Crippen LogP) is 4.18. The molecule has 3 rings (SSSR count). The quantitative estimate of drug-likeness (QED) is 0.877. The molecule has 1 aromatic heterocycles. The van der Waals surface area contributed by atoms with Gasteiger partial charge in [-0.15, -0.1) is 0 Å². The second-order valence-electron chi connectivity index (χ2n) is 6.10. The van der Waals surface area contributed by atoms with Gasteiger partial charge in [-0.2, -0.15) is 0 Å². The molecule has 2 amide bonds. The van der Waals surface area contributed by atoms with Crippen molar-refractivity contribution in [2.75, 3.05) is 5.32 Å². The third kappa shape index (κ3) is 3.50. The zero-order valence-electron chi connectivity index (χ0n) is 13.0. The lowest BCUT2D eigenvalue weighted by Gasteiger charge is -2.29. The molecule has 0 saturated heterocycles. The number of rotatable bonds is 3. The van der Waals surface area contributed by atoms with Gasteiger partial charge in [-0.25, -0.2) is 4.79 Å². The van der Waals surface area contributed by atoms with Crippen LogP contribution in [0.2, 0.25) is 0 Å². The number of benzene rings is 1. The van der Waals surface area contributed by atoms with Gasteiger partial charge >= 0.3 is 6.03 Å². The summed E-state index contributed by atoms with van der Waals surface area (Å²) in [5, 5.41) is 6.03. The van der Waals surface area contributed by atoms with Crippen molar-refractivity contribution in [2.24, 2.45) is 5.92 Å². The van der Waals surface area contributed by atoms with Gasteiger partial charge in [0, 0.05) is 29.8 Å². The van der Waals surface area contributed by atoms with Crippen LogP contribution in [0.3, 0.4) is 0 Å². The first-order chi connectivity index (χ1) is 10.7. The van der Waals surface area contributed by atoms with Crippen molar-refractivity contribution >= 4 is 11.7 Å².